The molecule has 0 heterocycles. The highest BCUT2D eigenvalue weighted by Crippen LogP contribution is 2.26. The quantitative estimate of drug-likeness (QED) is 0.852. The van der Waals surface area contributed by atoms with E-state index in [-0.39, 0.29) is 12.1 Å². The summed E-state index contributed by atoms with van der Waals surface area (Å²) >= 11 is 11.6. The lowest BCUT2D eigenvalue weighted by molar-refractivity contribution is 0.300. The Balaban J connectivity index is 2.09. The summed E-state index contributed by atoms with van der Waals surface area (Å²) in [5.41, 5.74) is 0.376. The van der Waals surface area contributed by atoms with E-state index < -0.39 is 12.9 Å². The van der Waals surface area contributed by atoms with Crippen molar-refractivity contribution in [1.82, 2.24) is 0 Å². The molecule has 0 amide bonds. The monoisotopic (exact) mass is 314 g/mol. The molecule has 0 unspecified atom stereocenters. The van der Waals surface area contributed by atoms with Crippen molar-refractivity contribution in [3.63, 3.8) is 0 Å². The van der Waals surface area contributed by atoms with Crippen molar-refractivity contribution >= 4 is 35.8 Å². The average Bonchev–Trinajstić information content (AvgIpc) is 2.41. The molecule has 3 nitrogen and oxygen atoms in total. The van der Waals surface area contributed by atoms with E-state index in [2.05, 4.69) is 0 Å². The van der Waals surface area contributed by atoms with Crippen molar-refractivity contribution in [1.29, 1.82) is 0 Å². The first-order valence-corrected chi connectivity index (χ1v) is 6.45. The molecule has 2 N–H and O–H groups in total. The van der Waals surface area contributed by atoms with Crippen LogP contribution in [0.25, 0.3) is 0 Å². The van der Waals surface area contributed by atoms with Crippen LogP contribution in [0.2, 0.25) is 10.0 Å². The molecule has 0 radical (unpaired) electrons. The van der Waals surface area contributed by atoms with Gasteiger partial charge in [0.15, 0.2) is 0 Å². The van der Waals surface area contributed by atoms with Gasteiger partial charge in [0.05, 0.1) is 10.0 Å². The van der Waals surface area contributed by atoms with Crippen molar-refractivity contribution in [3.8, 4) is 5.75 Å². The van der Waals surface area contributed by atoms with Crippen LogP contribution in [0.4, 0.5) is 4.39 Å². The van der Waals surface area contributed by atoms with Gasteiger partial charge in [0.25, 0.3) is 0 Å². The number of hydrogen-bond acceptors (Lipinski definition) is 3. The van der Waals surface area contributed by atoms with Crippen LogP contribution >= 0.6 is 23.2 Å². The zero-order valence-electron chi connectivity index (χ0n) is 10.2. The third-order valence-electron chi connectivity index (χ3n) is 2.66. The van der Waals surface area contributed by atoms with Crippen molar-refractivity contribution in [2.24, 2.45) is 0 Å². The fourth-order valence-electron chi connectivity index (χ4n) is 1.57. The van der Waals surface area contributed by atoms with Gasteiger partial charge in [0, 0.05) is 11.6 Å². The minimum Gasteiger partial charge on any atom is -0.489 e. The predicted molar refractivity (Wildman–Crippen MR) is 77.0 cm³/mol. The molecule has 0 aliphatic rings. The second-order valence-corrected chi connectivity index (χ2v) is 4.90. The van der Waals surface area contributed by atoms with Gasteiger partial charge in [-0.25, -0.2) is 4.39 Å². The van der Waals surface area contributed by atoms with Gasteiger partial charge in [0.1, 0.15) is 18.2 Å². The summed E-state index contributed by atoms with van der Waals surface area (Å²) in [6.45, 7) is -0.00833. The Kier molecular flexibility index (Phi) is 4.88. The van der Waals surface area contributed by atoms with Gasteiger partial charge in [-0.2, -0.15) is 0 Å². The summed E-state index contributed by atoms with van der Waals surface area (Å²) in [4.78, 5) is 0. The van der Waals surface area contributed by atoms with Crippen LogP contribution < -0.4 is 10.2 Å². The number of ether oxygens (including phenoxy) is 1. The standard InChI is InChI=1S/C13H10BCl2FO3/c15-11-4-3-10(6-12(11)16)20-7-8-1-2-9(14(18)19)5-13(8)17/h1-6,18-19H,7H2. The molecule has 0 spiro atoms. The summed E-state index contributed by atoms with van der Waals surface area (Å²) < 4.78 is 19.1. The van der Waals surface area contributed by atoms with Gasteiger partial charge in [-0.1, -0.05) is 35.3 Å². The molecule has 0 fully saturated rings. The Labute approximate surface area is 125 Å². The maximum absolute atomic E-state index is 13.7. The number of rotatable bonds is 4. The third kappa shape index (κ3) is 3.64. The summed E-state index contributed by atoms with van der Waals surface area (Å²) in [7, 11) is -1.70. The van der Waals surface area contributed by atoms with Crippen LogP contribution in [-0.4, -0.2) is 17.2 Å². The molecule has 7 heteroatoms. The van der Waals surface area contributed by atoms with E-state index in [0.29, 0.717) is 21.4 Å². The maximum Gasteiger partial charge on any atom is 0.488 e. The number of hydrogen-bond donors (Lipinski definition) is 2. The van der Waals surface area contributed by atoms with Crippen LogP contribution in [0.3, 0.4) is 0 Å². The molecule has 0 aliphatic heterocycles. The molecule has 0 bridgehead atoms. The first kappa shape index (κ1) is 15.1. The lowest BCUT2D eigenvalue weighted by Crippen LogP contribution is -2.30. The van der Waals surface area contributed by atoms with Crippen LogP contribution in [0.5, 0.6) is 5.75 Å². The van der Waals surface area contributed by atoms with Crippen molar-refractivity contribution in [2.45, 2.75) is 6.61 Å². The molecule has 2 rings (SSSR count). The van der Waals surface area contributed by atoms with Crippen LogP contribution in [0.1, 0.15) is 5.56 Å². The van der Waals surface area contributed by atoms with Crippen molar-refractivity contribution in [2.75, 3.05) is 0 Å². The van der Waals surface area contributed by atoms with Gasteiger partial charge in [-0.15, -0.1) is 0 Å². The Morgan fingerprint density at radius 3 is 2.40 bits per heavy atom. The largest absolute Gasteiger partial charge is 0.489 e. The topological polar surface area (TPSA) is 49.7 Å². The molecule has 0 aliphatic carbocycles. The summed E-state index contributed by atoms with van der Waals surface area (Å²) in [6, 6.07) is 8.65. The Morgan fingerprint density at radius 1 is 1.05 bits per heavy atom. The molecular formula is C13H10BCl2FO3. The average molecular weight is 315 g/mol. The molecule has 2 aromatic carbocycles. The van der Waals surface area contributed by atoms with Crippen LogP contribution in [0.15, 0.2) is 36.4 Å². The summed E-state index contributed by atoms with van der Waals surface area (Å²) in [5.74, 6) is -0.110. The predicted octanol–water partition coefficient (Wildman–Crippen LogP) is 2.39. The van der Waals surface area contributed by atoms with E-state index in [4.69, 9.17) is 38.0 Å². The van der Waals surface area contributed by atoms with Gasteiger partial charge >= 0.3 is 7.12 Å². The minimum absolute atomic E-state index is 0.00833. The molecule has 20 heavy (non-hydrogen) atoms. The second-order valence-electron chi connectivity index (χ2n) is 4.09. The molecule has 0 saturated carbocycles. The Bertz CT molecular complexity index is 623. The van der Waals surface area contributed by atoms with Crippen LogP contribution in [-0.2, 0) is 6.61 Å². The highest BCUT2D eigenvalue weighted by atomic mass is 35.5. The number of halogens is 3. The SMILES string of the molecule is OB(O)c1ccc(COc2ccc(Cl)c(Cl)c2)c(F)c1. The first-order chi connectivity index (χ1) is 9.47. The van der Waals surface area contributed by atoms with E-state index >= 15 is 0 Å². The fraction of sp³-hybridized carbons (Fsp3) is 0.0769. The van der Waals surface area contributed by atoms with Crippen molar-refractivity contribution < 1.29 is 19.2 Å². The fourth-order valence-corrected chi connectivity index (χ4v) is 1.86. The second kappa shape index (κ2) is 6.46. The van der Waals surface area contributed by atoms with Crippen LogP contribution in [0, 0.1) is 5.82 Å². The van der Waals surface area contributed by atoms with Gasteiger partial charge in [-0.05, 0) is 23.7 Å². The lowest BCUT2D eigenvalue weighted by atomic mass is 9.80. The first-order valence-electron chi connectivity index (χ1n) is 5.69. The maximum atomic E-state index is 13.7. The minimum atomic E-state index is -1.70. The van der Waals surface area contributed by atoms with Gasteiger partial charge in [-0.3, -0.25) is 0 Å². The highest BCUT2D eigenvalue weighted by Gasteiger charge is 2.13. The lowest BCUT2D eigenvalue weighted by Gasteiger charge is -2.09. The van der Waals surface area contributed by atoms with E-state index in [9.17, 15) is 4.39 Å². The van der Waals surface area contributed by atoms with Gasteiger partial charge < -0.3 is 14.8 Å². The van der Waals surface area contributed by atoms with E-state index in [1.807, 2.05) is 0 Å². The Hall–Kier alpha value is -1.27. The van der Waals surface area contributed by atoms with Crippen molar-refractivity contribution in [3.05, 3.63) is 57.8 Å². The third-order valence-corrected chi connectivity index (χ3v) is 3.40. The van der Waals surface area contributed by atoms with E-state index in [1.165, 1.54) is 18.2 Å². The molecule has 0 atom stereocenters. The van der Waals surface area contributed by atoms with E-state index in [1.54, 1.807) is 12.1 Å². The molecule has 104 valence electrons. The van der Waals surface area contributed by atoms with E-state index in [0.717, 1.165) is 6.07 Å². The highest BCUT2D eigenvalue weighted by molar-refractivity contribution is 6.58. The summed E-state index contributed by atoms with van der Waals surface area (Å²) in [5, 5.41) is 18.6. The zero-order valence-corrected chi connectivity index (χ0v) is 11.7. The smallest absolute Gasteiger partial charge is 0.488 e. The summed E-state index contributed by atoms with van der Waals surface area (Å²) in [6.07, 6.45) is 0. The molecule has 0 aromatic heterocycles. The van der Waals surface area contributed by atoms with Gasteiger partial charge in [0.2, 0.25) is 0 Å². The molecule has 0 saturated heterocycles. The zero-order chi connectivity index (χ0) is 14.7. The normalized spacial score (nSPS) is 10.4. The number of benzene rings is 2. The molecule has 2 aromatic rings. The Morgan fingerprint density at radius 2 is 1.80 bits per heavy atom. The molecular weight excluding hydrogens is 305 g/mol.